The molecule has 0 spiro atoms. The molecule has 2 aromatic carbocycles. The molecule has 1 aromatic heterocycles. The maximum Gasteiger partial charge on any atom is 0.343 e. The van der Waals surface area contributed by atoms with E-state index < -0.39 is 5.97 Å². The van der Waals surface area contributed by atoms with E-state index in [9.17, 15) is 4.79 Å². The molecule has 0 aliphatic carbocycles. The normalized spacial score (nSPS) is 10.7. The molecule has 140 valence electrons. The molecule has 0 saturated carbocycles. The Hall–Kier alpha value is -2.79. The number of methoxy groups -OCH3 is 1. The molecule has 27 heavy (non-hydrogen) atoms. The van der Waals surface area contributed by atoms with Crippen LogP contribution in [0.15, 0.2) is 48.5 Å². The van der Waals surface area contributed by atoms with E-state index >= 15 is 0 Å². The SMILES string of the molecule is COc1ccc(C)cc1COC(=O)c1c(C)nn(Cc2ccccc2)c1Cl. The molecule has 6 heteroatoms. The quantitative estimate of drug-likeness (QED) is 0.584. The number of benzene rings is 2. The van der Waals surface area contributed by atoms with Gasteiger partial charge in [-0.3, -0.25) is 0 Å². The van der Waals surface area contributed by atoms with Crippen molar-refractivity contribution in [3.63, 3.8) is 0 Å². The van der Waals surface area contributed by atoms with Crippen molar-refractivity contribution in [2.75, 3.05) is 7.11 Å². The van der Waals surface area contributed by atoms with Crippen LogP contribution in [0, 0.1) is 13.8 Å². The first kappa shape index (κ1) is 19.0. The zero-order chi connectivity index (χ0) is 19.4. The maximum absolute atomic E-state index is 12.6. The van der Waals surface area contributed by atoms with Crippen LogP contribution in [0.1, 0.15) is 32.7 Å². The van der Waals surface area contributed by atoms with Gasteiger partial charge in [0.1, 0.15) is 23.1 Å². The molecule has 5 nitrogen and oxygen atoms in total. The van der Waals surface area contributed by atoms with Crippen molar-refractivity contribution in [3.8, 4) is 5.75 Å². The van der Waals surface area contributed by atoms with Crippen molar-refractivity contribution in [3.05, 3.63) is 81.6 Å². The lowest BCUT2D eigenvalue weighted by Gasteiger charge is -2.10. The summed E-state index contributed by atoms with van der Waals surface area (Å²) >= 11 is 6.41. The second kappa shape index (κ2) is 8.27. The fourth-order valence-corrected chi connectivity index (χ4v) is 3.19. The van der Waals surface area contributed by atoms with E-state index in [2.05, 4.69) is 5.10 Å². The zero-order valence-electron chi connectivity index (χ0n) is 15.5. The predicted octanol–water partition coefficient (Wildman–Crippen LogP) is 4.57. The Morgan fingerprint density at radius 2 is 1.89 bits per heavy atom. The van der Waals surface area contributed by atoms with Crippen molar-refractivity contribution in [2.24, 2.45) is 0 Å². The number of aromatic nitrogens is 2. The van der Waals surface area contributed by atoms with Gasteiger partial charge < -0.3 is 9.47 Å². The molecule has 3 aromatic rings. The highest BCUT2D eigenvalue weighted by atomic mass is 35.5. The Balaban J connectivity index is 1.76. The lowest BCUT2D eigenvalue weighted by Crippen LogP contribution is -2.08. The first-order chi connectivity index (χ1) is 13.0. The highest BCUT2D eigenvalue weighted by molar-refractivity contribution is 6.32. The smallest absolute Gasteiger partial charge is 0.343 e. The summed E-state index contributed by atoms with van der Waals surface area (Å²) in [4.78, 5) is 12.6. The van der Waals surface area contributed by atoms with Crippen LogP contribution in [-0.2, 0) is 17.9 Å². The van der Waals surface area contributed by atoms with E-state index in [1.807, 2.05) is 55.5 Å². The molecule has 3 rings (SSSR count). The highest BCUT2D eigenvalue weighted by Gasteiger charge is 2.22. The first-order valence-corrected chi connectivity index (χ1v) is 8.95. The molecule has 0 bridgehead atoms. The van der Waals surface area contributed by atoms with Crippen molar-refractivity contribution < 1.29 is 14.3 Å². The predicted molar refractivity (Wildman–Crippen MR) is 104 cm³/mol. The number of hydrogen-bond acceptors (Lipinski definition) is 4. The summed E-state index contributed by atoms with van der Waals surface area (Å²) in [6.07, 6.45) is 0. The van der Waals surface area contributed by atoms with Crippen LogP contribution < -0.4 is 4.74 Å². The fourth-order valence-electron chi connectivity index (χ4n) is 2.88. The minimum Gasteiger partial charge on any atom is -0.496 e. The molecule has 0 unspecified atom stereocenters. The number of esters is 1. The van der Waals surface area contributed by atoms with Crippen molar-refractivity contribution in [1.82, 2.24) is 9.78 Å². The van der Waals surface area contributed by atoms with E-state index in [-0.39, 0.29) is 11.8 Å². The molecule has 0 radical (unpaired) electrons. The van der Waals surface area contributed by atoms with E-state index in [0.29, 0.717) is 23.6 Å². The third-order valence-electron chi connectivity index (χ3n) is 4.24. The van der Waals surface area contributed by atoms with Gasteiger partial charge in [0.15, 0.2) is 0 Å². The number of nitrogens with zero attached hydrogens (tertiary/aromatic N) is 2. The summed E-state index contributed by atoms with van der Waals surface area (Å²) < 4.78 is 12.4. The molecule has 1 heterocycles. The van der Waals surface area contributed by atoms with Gasteiger partial charge in [-0.2, -0.15) is 5.10 Å². The number of carbonyl (C=O) groups excluding carboxylic acids is 1. The summed E-state index contributed by atoms with van der Waals surface area (Å²) in [5.74, 6) is 0.177. The Bertz CT molecular complexity index is 952. The summed E-state index contributed by atoms with van der Waals surface area (Å²) in [7, 11) is 1.59. The Morgan fingerprint density at radius 1 is 1.15 bits per heavy atom. The molecular formula is C21H21ClN2O3. The van der Waals surface area contributed by atoms with Gasteiger partial charge >= 0.3 is 5.97 Å². The topological polar surface area (TPSA) is 53.4 Å². The molecule has 0 saturated heterocycles. The molecule has 0 N–H and O–H groups in total. The Labute approximate surface area is 163 Å². The van der Waals surface area contributed by atoms with E-state index in [0.717, 1.165) is 16.7 Å². The van der Waals surface area contributed by atoms with Crippen LogP contribution in [0.3, 0.4) is 0 Å². The van der Waals surface area contributed by atoms with Gasteiger partial charge in [0.05, 0.1) is 19.3 Å². The second-order valence-electron chi connectivity index (χ2n) is 6.29. The van der Waals surface area contributed by atoms with Crippen LogP contribution in [0.4, 0.5) is 0 Å². The monoisotopic (exact) mass is 384 g/mol. The zero-order valence-corrected chi connectivity index (χ0v) is 16.3. The molecule has 0 atom stereocenters. The van der Waals surface area contributed by atoms with E-state index in [4.69, 9.17) is 21.1 Å². The van der Waals surface area contributed by atoms with Crippen molar-refractivity contribution in [1.29, 1.82) is 0 Å². The van der Waals surface area contributed by atoms with Gasteiger partial charge in [-0.1, -0.05) is 53.6 Å². The highest BCUT2D eigenvalue weighted by Crippen LogP contribution is 2.24. The minimum atomic E-state index is -0.500. The number of carbonyl (C=O) groups is 1. The van der Waals surface area contributed by atoms with E-state index in [1.165, 1.54) is 0 Å². The van der Waals surface area contributed by atoms with Gasteiger partial charge in [-0.05, 0) is 31.5 Å². The molecule has 0 fully saturated rings. The van der Waals surface area contributed by atoms with Crippen LogP contribution in [0.25, 0.3) is 0 Å². The number of rotatable bonds is 6. The molecule has 0 amide bonds. The molecular weight excluding hydrogens is 364 g/mol. The first-order valence-electron chi connectivity index (χ1n) is 8.57. The number of hydrogen-bond donors (Lipinski definition) is 0. The minimum absolute atomic E-state index is 0.101. The summed E-state index contributed by atoms with van der Waals surface area (Å²) in [6, 6.07) is 15.5. The number of aryl methyl sites for hydroxylation is 2. The van der Waals surface area contributed by atoms with Gasteiger partial charge in [0.25, 0.3) is 0 Å². The number of halogens is 1. The van der Waals surface area contributed by atoms with E-state index in [1.54, 1.807) is 18.7 Å². The average molecular weight is 385 g/mol. The Kier molecular flexibility index (Phi) is 5.81. The summed E-state index contributed by atoms with van der Waals surface area (Å²) in [5, 5.41) is 4.66. The number of ether oxygens (including phenoxy) is 2. The van der Waals surface area contributed by atoms with Gasteiger partial charge in [-0.15, -0.1) is 0 Å². The molecule has 0 aliphatic rings. The summed E-state index contributed by atoms with van der Waals surface area (Å²) in [6.45, 7) is 4.30. The third kappa shape index (κ3) is 4.31. The maximum atomic E-state index is 12.6. The van der Waals surface area contributed by atoms with Gasteiger partial charge in [0.2, 0.25) is 0 Å². The average Bonchev–Trinajstić information content (AvgIpc) is 2.94. The Morgan fingerprint density at radius 3 is 2.59 bits per heavy atom. The van der Waals surface area contributed by atoms with Gasteiger partial charge in [-0.25, -0.2) is 9.48 Å². The van der Waals surface area contributed by atoms with Crippen molar-refractivity contribution in [2.45, 2.75) is 27.0 Å². The second-order valence-corrected chi connectivity index (χ2v) is 6.64. The van der Waals surface area contributed by atoms with Crippen LogP contribution in [-0.4, -0.2) is 22.9 Å². The lowest BCUT2D eigenvalue weighted by atomic mass is 10.1. The standard InChI is InChI=1S/C21H21ClN2O3/c1-14-9-10-18(26-3)17(11-14)13-27-21(25)19-15(2)23-24(20(19)22)12-16-7-5-4-6-8-16/h4-11H,12-13H2,1-3H3. The molecule has 0 aliphatic heterocycles. The van der Waals surface area contributed by atoms with Gasteiger partial charge in [0, 0.05) is 5.56 Å². The fraction of sp³-hybridized carbons (Fsp3) is 0.238. The summed E-state index contributed by atoms with van der Waals surface area (Å²) in [5.41, 5.74) is 3.74. The van der Waals surface area contributed by atoms with Crippen LogP contribution in [0.2, 0.25) is 5.15 Å². The third-order valence-corrected chi connectivity index (χ3v) is 4.62. The van der Waals surface area contributed by atoms with Crippen molar-refractivity contribution >= 4 is 17.6 Å². The van der Waals surface area contributed by atoms with Crippen LogP contribution in [0.5, 0.6) is 5.75 Å². The lowest BCUT2D eigenvalue weighted by molar-refractivity contribution is 0.0469. The van der Waals surface area contributed by atoms with Crippen LogP contribution >= 0.6 is 11.6 Å². The largest absolute Gasteiger partial charge is 0.496 e.